The number of benzene rings is 2. The van der Waals surface area contributed by atoms with Crippen molar-refractivity contribution in [1.82, 2.24) is 0 Å². The fourth-order valence-corrected chi connectivity index (χ4v) is 3.17. The summed E-state index contributed by atoms with van der Waals surface area (Å²) in [4.78, 5) is 11.8. The first kappa shape index (κ1) is 14.2. The molecule has 0 radical (unpaired) electrons. The Morgan fingerprint density at radius 2 is 1.68 bits per heavy atom. The van der Waals surface area contributed by atoms with Gasteiger partial charge in [-0.05, 0) is 39.2 Å². The van der Waals surface area contributed by atoms with Crippen molar-refractivity contribution in [2.24, 2.45) is 0 Å². The van der Waals surface area contributed by atoms with Gasteiger partial charge in [0.05, 0.1) is 6.42 Å². The Bertz CT molecular complexity index is 567. The zero-order valence-electron chi connectivity index (χ0n) is 10.2. The van der Waals surface area contributed by atoms with Crippen LogP contribution in [0.3, 0.4) is 0 Å². The molecule has 2 rings (SSSR count). The van der Waals surface area contributed by atoms with Crippen LogP contribution >= 0.6 is 27.7 Å². The van der Waals surface area contributed by atoms with E-state index in [1.54, 1.807) is 11.8 Å². The summed E-state index contributed by atoms with van der Waals surface area (Å²) in [6.07, 6.45) is 0.0810. The molecule has 2 aromatic rings. The van der Waals surface area contributed by atoms with Gasteiger partial charge in [-0.25, -0.2) is 0 Å². The van der Waals surface area contributed by atoms with E-state index in [1.165, 1.54) is 10.5 Å². The molecule has 2 aromatic carbocycles. The Labute approximate surface area is 125 Å². The topological polar surface area (TPSA) is 37.3 Å². The van der Waals surface area contributed by atoms with Gasteiger partial charge in [-0.3, -0.25) is 4.79 Å². The highest BCUT2D eigenvalue weighted by atomic mass is 79.9. The van der Waals surface area contributed by atoms with Crippen LogP contribution in [0.5, 0.6) is 0 Å². The van der Waals surface area contributed by atoms with Gasteiger partial charge in [0, 0.05) is 15.1 Å². The van der Waals surface area contributed by atoms with E-state index in [2.05, 4.69) is 22.0 Å². The summed E-state index contributed by atoms with van der Waals surface area (Å²) in [5.74, 6) is 0.0750. The zero-order valence-corrected chi connectivity index (χ0v) is 12.6. The second-order valence-corrected chi connectivity index (χ2v) is 5.98. The lowest BCUT2D eigenvalue weighted by molar-refractivity contribution is -0.136. The summed E-state index contributed by atoms with van der Waals surface area (Å²) in [6, 6.07) is 15.8. The number of carbonyl (C=O) groups is 1. The van der Waals surface area contributed by atoms with Crippen molar-refractivity contribution in [1.29, 1.82) is 0 Å². The van der Waals surface area contributed by atoms with Crippen LogP contribution in [0.4, 0.5) is 0 Å². The second-order valence-electron chi connectivity index (χ2n) is 4.11. The van der Waals surface area contributed by atoms with Crippen LogP contribution < -0.4 is 0 Å². The Kier molecular flexibility index (Phi) is 5.05. The van der Waals surface area contributed by atoms with Crippen LogP contribution in [0.2, 0.25) is 0 Å². The number of hydrogen-bond acceptors (Lipinski definition) is 2. The van der Waals surface area contributed by atoms with Crippen LogP contribution in [-0.4, -0.2) is 11.1 Å². The monoisotopic (exact) mass is 336 g/mol. The maximum absolute atomic E-state index is 10.6. The van der Waals surface area contributed by atoms with E-state index < -0.39 is 5.97 Å². The van der Waals surface area contributed by atoms with Crippen molar-refractivity contribution in [3.63, 3.8) is 0 Å². The predicted molar refractivity (Wildman–Crippen MR) is 81.5 cm³/mol. The molecular formula is C15H13BrO2S. The molecule has 0 unspecified atom stereocenters. The Hall–Kier alpha value is -1.26. The van der Waals surface area contributed by atoms with Crippen LogP contribution in [0.25, 0.3) is 0 Å². The predicted octanol–water partition coefficient (Wildman–Crippen LogP) is 4.37. The Balaban J connectivity index is 1.97. The summed E-state index contributed by atoms with van der Waals surface area (Å²) < 4.78 is 1.10. The molecule has 0 spiro atoms. The molecule has 98 valence electrons. The first-order valence-corrected chi connectivity index (χ1v) is 7.60. The van der Waals surface area contributed by atoms with Crippen molar-refractivity contribution in [3.05, 3.63) is 64.1 Å². The van der Waals surface area contributed by atoms with E-state index in [9.17, 15) is 4.79 Å². The first-order chi connectivity index (χ1) is 9.15. The smallest absolute Gasteiger partial charge is 0.307 e. The molecule has 2 nitrogen and oxygen atoms in total. The van der Waals surface area contributed by atoms with Gasteiger partial charge in [0.1, 0.15) is 0 Å². The molecule has 0 aliphatic carbocycles. The number of thioether (sulfide) groups is 1. The van der Waals surface area contributed by atoms with Crippen molar-refractivity contribution in [2.45, 2.75) is 17.1 Å². The number of carboxylic acid groups (broad SMARTS) is 1. The Morgan fingerprint density at radius 1 is 1.05 bits per heavy atom. The van der Waals surface area contributed by atoms with Crippen LogP contribution in [0.1, 0.15) is 11.1 Å². The molecule has 1 N–H and O–H groups in total. The fraction of sp³-hybridized carbons (Fsp3) is 0.133. The van der Waals surface area contributed by atoms with Gasteiger partial charge >= 0.3 is 5.97 Å². The van der Waals surface area contributed by atoms with Gasteiger partial charge in [-0.2, -0.15) is 0 Å². The average molecular weight is 337 g/mol. The van der Waals surface area contributed by atoms with E-state index in [1.807, 2.05) is 42.5 Å². The van der Waals surface area contributed by atoms with E-state index in [4.69, 9.17) is 5.11 Å². The maximum Gasteiger partial charge on any atom is 0.307 e. The molecule has 0 heterocycles. The number of carboxylic acids is 1. The van der Waals surface area contributed by atoms with Crippen LogP contribution in [-0.2, 0) is 17.0 Å². The molecule has 0 fully saturated rings. The molecule has 0 aliphatic rings. The van der Waals surface area contributed by atoms with Crippen molar-refractivity contribution < 1.29 is 9.90 Å². The van der Waals surface area contributed by atoms with Crippen LogP contribution in [0, 0.1) is 0 Å². The lowest BCUT2D eigenvalue weighted by Gasteiger charge is -2.05. The molecule has 0 bridgehead atoms. The molecule has 0 amide bonds. The van der Waals surface area contributed by atoms with Crippen molar-refractivity contribution >= 4 is 33.7 Å². The highest BCUT2D eigenvalue weighted by Gasteiger charge is 2.02. The zero-order chi connectivity index (χ0) is 13.7. The third-order valence-electron chi connectivity index (χ3n) is 2.61. The van der Waals surface area contributed by atoms with Crippen molar-refractivity contribution in [2.75, 3.05) is 0 Å². The van der Waals surface area contributed by atoms with Gasteiger partial charge in [0.25, 0.3) is 0 Å². The number of halogens is 1. The minimum Gasteiger partial charge on any atom is -0.481 e. The van der Waals surface area contributed by atoms with Crippen molar-refractivity contribution in [3.8, 4) is 0 Å². The lowest BCUT2D eigenvalue weighted by Crippen LogP contribution is -1.99. The minimum absolute atomic E-state index is 0.0810. The largest absolute Gasteiger partial charge is 0.481 e. The quantitative estimate of drug-likeness (QED) is 0.824. The van der Waals surface area contributed by atoms with E-state index in [0.717, 1.165) is 15.8 Å². The highest BCUT2D eigenvalue weighted by Crippen LogP contribution is 2.29. The van der Waals surface area contributed by atoms with Crippen LogP contribution in [0.15, 0.2) is 57.9 Å². The first-order valence-electron chi connectivity index (χ1n) is 5.82. The standard InChI is InChI=1S/C15H13BrO2S/c16-13-3-1-2-4-14(13)19-10-12-7-5-11(6-8-12)9-15(17)18/h1-8H,9-10H2,(H,17,18). The number of aliphatic carboxylic acids is 1. The number of hydrogen-bond donors (Lipinski definition) is 1. The number of rotatable bonds is 5. The SMILES string of the molecule is O=C(O)Cc1ccc(CSc2ccccc2Br)cc1. The summed E-state index contributed by atoms with van der Waals surface area (Å²) in [5.41, 5.74) is 2.03. The lowest BCUT2D eigenvalue weighted by atomic mass is 10.1. The minimum atomic E-state index is -0.796. The van der Waals surface area contributed by atoms with Gasteiger partial charge in [0.2, 0.25) is 0 Å². The molecule has 0 aromatic heterocycles. The third kappa shape index (κ3) is 4.40. The normalized spacial score (nSPS) is 10.4. The summed E-state index contributed by atoms with van der Waals surface area (Å²) in [5, 5.41) is 8.71. The summed E-state index contributed by atoms with van der Waals surface area (Å²) >= 11 is 5.28. The third-order valence-corrected chi connectivity index (χ3v) is 4.71. The molecule has 4 heteroatoms. The molecule has 0 aliphatic heterocycles. The fourth-order valence-electron chi connectivity index (χ4n) is 1.65. The molecule has 19 heavy (non-hydrogen) atoms. The van der Waals surface area contributed by atoms with E-state index in [-0.39, 0.29) is 6.42 Å². The van der Waals surface area contributed by atoms with Gasteiger partial charge in [0.15, 0.2) is 0 Å². The molecule has 0 saturated heterocycles. The van der Waals surface area contributed by atoms with Gasteiger partial charge in [-0.1, -0.05) is 36.4 Å². The summed E-state index contributed by atoms with van der Waals surface area (Å²) in [6.45, 7) is 0. The molecular weight excluding hydrogens is 324 g/mol. The highest BCUT2D eigenvalue weighted by molar-refractivity contribution is 9.10. The second kappa shape index (κ2) is 6.78. The molecule has 0 saturated carbocycles. The average Bonchev–Trinajstić information content (AvgIpc) is 2.39. The Morgan fingerprint density at radius 3 is 2.32 bits per heavy atom. The molecule has 0 atom stereocenters. The van der Waals surface area contributed by atoms with Gasteiger partial charge < -0.3 is 5.11 Å². The summed E-state index contributed by atoms with van der Waals surface area (Å²) in [7, 11) is 0. The van der Waals surface area contributed by atoms with E-state index >= 15 is 0 Å². The van der Waals surface area contributed by atoms with E-state index in [0.29, 0.717) is 0 Å². The van der Waals surface area contributed by atoms with Gasteiger partial charge in [-0.15, -0.1) is 11.8 Å². The maximum atomic E-state index is 10.6.